The van der Waals surface area contributed by atoms with Gasteiger partial charge in [-0.2, -0.15) is 0 Å². The molecule has 25 heavy (non-hydrogen) atoms. The first-order valence-corrected chi connectivity index (χ1v) is 9.02. The summed E-state index contributed by atoms with van der Waals surface area (Å²) in [5.41, 5.74) is 6.58. The van der Waals surface area contributed by atoms with Gasteiger partial charge in [-0.25, -0.2) is 0 Å². The highest BCUT2D eigenvalue weighted by molar-refractivity contribution is 5.85. The van der Waals surface area contributed by atoms with E-state index in [-0.39, 0.29) is 29.3 Å². The molecule has 140 valence electrons. The van der Waals surface area contributed by atoms with E-state index >= 15 is 0 Å². The van der Waals surface area contributed by atoms with Crippen molar-refractivity contribution in [2.45, 2.75) is 51.5 Å². The topological polar surface area (TPSA) is 64.3 Å². The summed E-state index contributed by atoms with van der Waals surface area (Å²) < 4.78 is 5.35. The zero-order valence-electron chi connectivity index (χ0n) is 15.5. The van der Waals surface area contributed by atoms with E-state index < -0.39 is 0 Å². The molecule has 0 aromatic heterocycles. The standard InChI is InChI=1S/C20H30N2O2.ClH/c1-19(2,21)13-22-18(23)20(12-15-7-8-16(20)9-15)11-14-5-4-6-17(10-14)24-3;/h4-6,10,15-16H,7-9,11-13,21H2,1-3H3,(H,22,23);1H. The van der Waals surface area contributed by atoms with E-state index in [9.17, 15) is 4.79 Å². The molecule has 4 nitrogen and oxygen atoms in total. The first-order chi connectivity index (χ1) is 11.3. The Kier molecular flexibility index (Phi) is 6.05. The smallest absolute Gasteiger partial charge is 0.226 e. The lowest BCUT2D eigenvalue weighted by Crippen LogP contribution is -2.52. The van der Waals surface area contributed by atoms with Crippen LogP contribution in [0, 0.1) is 17.3 Å². The van der Waals surface area contributed by atoms with E-state index in [0.29, 0.717) is 18.4 Å². The molecular formula is C20H31ClN2O2. The van der Waals surface area contributed by atoms with Crippen molar-refractivity contribution in [1.29, 1.82) is 0 Å². The van der Waals surface area contributed by atoms with Crippen molar-refractivity contribution >= 4 is 18.3 Å². The van der Waals surface area contributed by atoms with Gasteiger partial charge >= 0.3 is 0 Å². The molecule has 2 saturated carbocycles. The van der Waals surface area contributed by atoms with Crippen LogP contribution in [0.5, 0.6) is 5.75 Å². The number of nitrogens with two attached hydrogens (primary N) is 1. The van der Waals surface area contributed by atoms with Crippen molar-refractivity contribution in [2.24, 2.45) is 23.0 Å². The number of nitrogens with one attached hydrogen (secondary N) is 1. The summed E-state index contributed by atoms with van der Waals surface area (Å²) in [6, 6.07) is 8.13. The number of benzene rings is 1. The van der Waals surface area contributed by atoms with Gasteiger partial charge in [-0.15, -0.1) is 12.4 Å². The summed E-state index contributed by atoms with van der Waals surface area (Å²) in [7, 11) is 1.68. The Morgan fingerprint density at radius 1 is 1.40 bits per heavy atom. The Balaban J connectivity index is 0.00000225. The van der Waals surface area contributed by atoms with E-state index in [0.717, 1.165) is 18.6 Å². The monoisotopic (exact) mass is 366 g/mol. The zero-order valence-corrected chi connectivity index (χ0v) is 16.3. The Labute approximate surface area is 157 Å². The lowest BCUT2D eigenvalue weighted by Gasteiger charge is -2.37. The van der Waals surface area contributed by atoms with E-state index in [1.807, 2.05) is 26.0 Å². The minimum Gasteiger partial charge on any atom is -0.497 e. The van der Waals surface area contributed by atoms with Crippen LogP contribution in [0.3, 0.4) is 0 Å². The minimum atomic E-state index is -0.384. The van der Waals surface area contributed by atoms with Crippen LogP contribution in [0.15, 0.2) is 24.3 Å². The molecule has 0 spiro atoms. The molecule has 3 rings (SSSR count). The molecule has 3 unspecified atom stereocenters. The summed E-state index contributed by atoms with van der Waals surface area (Å²) in [5, 5.41) is 3.14. The Hall–Kier alpha value is -1.26. The normalized spacial score (nSPS) is 27.7. The van der Waals surface area contributed by atoms with Gasteiger partial charge in [0.2, 0.25) is 5.91 Å². The van der Waals surface area contributed by atoms with E-state index in [1.165, 1.54) is 24.8 Å². The average molecular weight is 367 g/mol. The number of rotatable bonds is 6. The Morgan fingerprint density at radius 3 is 2.72 bits per heavy atom. The summed E-state index contributed by atoms with van der Waals surface area (Å²) in [6.45, 7) is 4.41. The lowest BCUT2D eigenvalue weighted by molar-refractivity contribution is -0.134. The molecule has 2 bridgehead atoms. The fourth-order valence-corrected chi connectivity index (χ4v) is 4.65. The number of carbonyl (C=O) groups excluding carboxylic acids is 1. The molecule has 3 atom stereocenters. The van der Waals surface area contributed by atoms with Crippen LogP contribution in [0.2, 0.25) is 0 Å². The number of carbonyl (C=O) groups is 1. The van der Waals surface area contributed by atoms with E-state index in [1.54, 1.807) is 7.11 Å². The second kappa shape index (κ2) is 7.55. The minimum absolute atomic E-state index is 0. The summed E-state index contributed by atoms with van der Waals surface area (Å²) in [6.07, 6.45) is 5.45. The van der Waals surface area contributed by atoms with Crippen LogP contribution in [0.4, 0.5) is 0 Å². The van der Waals surface area contributed by atoms with Crippen LogP contribution >= 0.6 is 12.4 Å². The van der Waals surface area contributed by atoms with Gasteiger partial charge in [0, 0.05) is 12.1 Å². The number of methoxy groups -OCH3 is 1. The van der Waals surface area contributed by atoms with Crippen molar-refractivity contribution < 1.29 is 9.53 Å². The van der Waals surface area contributed by atoms with Gasteiger partial charge in [0.1, 0.15) is 5.75 Å². The quantitative estimate of drug-likeness (QED) is 0.811. The predicted octanol–water partition coefficient (Wildman–Crippen LogP) is 3.32. The number of hydrogen-bond acceptors (Lipinski definition) is 3. The molecule has 0 radical (unpaired) electrons. The zero-order chi connectivity index (χ0) is 17.4. The Morgan fingerprint density at radius 2 is 2.16 bits per heavy atom. The maximum absolute atomic E-state index is 13.2. The molecule has 2 aliphatic rings. The largest absolute Gasteiger partial charge is 0.497 e. The van der Waals surface area contributed by atoms with Crippen molar-refractivity contribution in [3.63, 3.8) is 0 Å². The third kappa shape index (κ3) is 4.29. The predicted molar refractivity (Wildman–Crippen MR) is 103 cm³/mol. The second-order valence-corrected chi connectivity index (χ2v) is 8.44. The van der Waals surface area contributed by atoms with Gasteiger partial charge in [-0.05, 0) is 69.1 Å². The van der Waals surface area contributed by atoms with Gasteiger partial charge in [0.25, 0.3) is 0 Å². The number of fused-ring (bicyclic) bond motifs is 2. The highest BCUT2D eigenvalue weighted by Crippen LogP contribution is 2.57. The molecular weight excluding hydrogens is 336 g/mol. The second-order valence-electron chi connectivity index (χ2n) is 8.44. The first kappa shape index (κ1) is 20.1. The molecule has 0 saturated heterocycles. The fraction of sp³-hybridized carbons (Fsp3) is 0.650. The van der Waals surface area contributed by atoms with Crippen LogP contribution in [-0.2, 0) is 11.2 Å². The first-order valence-electron chi connectivity index (χ1n) is 9.02. The summed E-state index contributed by atoms with van der Waals surface area (Å²) in [5.74, 6) is 2.25. The molecule has 1 amide bonds. The van der Waals surface area contributed by atoms with Gasteiger partial charge in [-0.3, -0.25) is 4.79 Å². The molecule has 5 heteroatoms. The van der Waals surface area contributed by atoms with Crippen LogP contribution < -0.4 is 15.8 Å². The molecule has 2 fully saturated rings. The van der Waals surface area contributed by atoms with Gasteiger partial charge < -0.3 is 15.8 Å². The summed E-state index contributed by atoms with van der Waals surface area (Å²) in [4.78, 5) is 13.2. The number of halogens is 1. The fourth-order valence-electron chi connectivity index (χ4n) is 4.65. The highest BCUT2D eigenvalue weighted by atomic mass is 35.5. The third-order valence-electron chi connectivity index (χ3n) is 5.79. The third-order valence-corrected chi connectivity index (χ3v) is 5.79. The van der Waals surface area contributed by atoms with Crippen LogP contribution in [-0.4, -0.2) is 25.1 Å². The molecule has 2 aliphatic carbocycles. The van der Waals surface area contributed by atoms with Gasteiger partial charge in [0.05, 0.1) is 12.5 Å². The summed E-state index contributed by atoms with van der Waals surface area (Å²) >= 11 is 0. The maximum atomic E-state index is 13.2. The van der Waals surface area contributed by atoms with Crippen molar-refractivity contribution in [1.82, 2.24) is 5.32 Å². The van der Waals surface area contributed by atoms with Gasteiger partial charge in [-0.1, -0.05) is 18.6 Å². The molecule has 3 N–H and O–H groups in total. The molecule has 1 aromatic carbocycles. The van der Waals surface area contributed by atoms with E-state index in [2.05, 4.69) is 17.4 Å². The van der Waals surface area contributed by atoms with Gasteiger partial charge in [0.15, 0.2) is 0 Å². The Bertz CT molecular complexity index is 614. The SMILES string of the molecule is COc1cccc(CC2(C(=O)NCC(C)(C)N)CC3CCC2C3)c1.Cl. The van der Waals surface area contributed by atoms with Crippen LogP contribution in [0.1, 0.15) is 45.1 Å². The molecule has 0 aliphatic heterocycles. The molecule has 0 heterocycles. The number of amides is 1. The van der Waals surface area contributed by atoms with Crippen molar-refractivity contribution in [3.8, 4) is 5.75 Å². The maximum Gasteiger partial charge on any atom is 0.226 e. The number of ether oxygens (including phenoxy) is 1. The van der Waals surface area contributed by atoms with Crippen LogP contribution in [0.25, 0.3) is 0 Å². The lowest BCUT2D eigenvalue weighted by atomic mass is 9.68. The van der Waals surface area contributed by atoms with Crippen molar-refractivity contribution in [2.75, 3.05) is 13.7 Å². The van der Waals surface area contributed by atoms with Crippen molar-refractivity contribution in [3.05, 3.63) is 29.8 Å². The average Bonchev–Trinajstić information content (AvgIpc) is 3.13. The highest BCUT2D eigenvalue weighted by Gasteiger charge is 2.55. The van der Waals surface area contributed by atoms with E-state index in [4.69, 9.17) is 10.5 Å². The number of hydrogen-bond donors (Lipinski definition) is 2. The molecule has 1 aromatic rings.